The Labute approximate surface area is 241 Å². The Balaban J connectivity index is 1.40. The van der Waals surface area contributed by atoms with E-state index in [1.54, 1.807) is 18.1 Å². The van der Waals surface area contributed by atoms with E-state index in [1.807, 2.05) is 26.0 Å². The van der Waals surface area contributed by atoms with Crippen molar-refractivity contribution < 1.29 is 27.9 Å². The van der Waals surface area contributed by atoms with Crippen molar-refractivity contribution in [2.24, 2.45) is 5.10 Å². The van der Waals surface area contributed by atoms with Crippen LogP contribution in [-0.4, -0.2) is 121 Å². The van der Waals surface area contributed by atoms with Crippen molar-refractivity contribution in [3.05, 3.63) is 23.9 Å². The number of carbonyl (C=O) groups excluding carboxylic acids is 2. The number of unbranched alkanes of at least 4 members (excludes halogenated alkanes) is 1. The maximum atomic E-state index is 12.9. The van der Waals surface area contributed by atoms with E-state index in [2.05, 4.69) is 30.3 Å². The summed E-state index contributed by atoms with van der Waals surface area (Å²) in [7, 11) is -2.00. The molecule has 1 saturated heterocycles. The highest BCUT2D eigenvalue weighted by Gasteiger charge is 2.29. The fourth-order valence-electron chi connectivity index (χ4n) is 4.64. The first-order chi connectivity index (χ1) is 19.5. The van der Waals surface area contributed by atoms with Crippen LogP contribution < -0.4 is 15.4 Å². The Morgan fingerprint density at radius 2 is 1.95 bits per heavy atom. The van der Waals surface area contributed by atoms with Crippen LogP contribution in [0, 0.1) is 6.92 Å². The lowest BCUT2D eigenvalue weighted by atomic mass is 10.1. The van der Waals surface area contributed by atoms with Gasteiger partial charge >= 0.3 is 12.0 Å². The number of hydrogen-bond donors (Lipinski definition) is 4. The normalized spacial score (nSPS) is 17.1. The monoisotopic (exact) mass is 594 g/mol. The zero-order valence-electron chi connectivity index (χ0n) is 24.0. The number of carboxylic acid groups (broad SMARTS) is 1. The number of nitrogens with one attached hydrogen (secondary N) is 3. The molecule has 4 N–H and O–H groups in total. The topological polar surface area (TPSA) is 177 Å². The van der Waals surface area contributed by atoms with Crippen LogP contribution in [0.1, 0.15) is 44.6 Å². The number of rotatable bonds is 14. The van der Waals surface area contributed by atoms with Gasteiger partial charge in [0, 0.05) is 45.3 Å². The molecular formula is C26H42N8O6S. The highest BCUT2D eigenvalue weighted by atomic mass is 32.2. The van der Waals surface area contributed by atoms with Gasteiger partial charge in [-0.15, -0.1) is 0 Å². The van der Waals surface area contributed by atoms with Crippen molar-refractivity contribution in [2.45, 2.75) is 58.0 Å². The number of hydrazone groups is 1. The number of nitrogens with zero attached hydrogens (tertiary/aromatic N) is 5. The molecule has 0 radical (unpaired) electrons. The molecule has 3 amide bonds. The number of aliphatic carboxylic acids is 1. The van der Waals surface area contributed by atoms with Crippen molar-refractivity contribution in [1.82, 2.24) is 29.8 Å². The number of likely N-dealkylation sites (N-methyl/N-ethyl adjacent to an activating group) is 1. The Kier molecular flexibility index (Phi) is 11.8. The Morgan fingerprint density at radius 1 is 1.22 bits per heavy atom. The minimum atomic E-state index is -3.70. The number of carboxylic acids is 1. The van der Waals surface area contributed by atoms with Gasteiger partial charge in [0.15, 0.2) is 0 Å². The summed E-state index contributed by atoms with van der Waals surface area (Å²) in [5.74, 6) is -0.916. The molecular weight excluding hydrogens is 552 g/mol. The average Bonchev–Trinajstić information content (AvgIpc) is 3.36. The maximum Gasteiger partial charge on any atom is 0.323 e. The van der Waals surface area contributed by atoms with Crippen molar-refractivity contribution in [3.8, 4) is 0 Å². The van der Waals surface area contributed by atoms with Crippen molar-refractivity contribution in [3.63, 3.8) is 0 Å². The molecule has 1 aromatic rings. The lowest BCUT2D eigenvalue weighted by Gasteiger charge is -2.32. The van der Waals surface area contributed by atoms with Crippen LogP contribution in [0.25, 0.3) is 0 Å². The van der Waals surface area contributed by atoms with Crippen molar-refractivity contribution in [2.75, 3.05) is 57.4 Å². The molecule has 3 rings (SSSR count). The first-order valence-electron chi connectivity index (χ1n) is 13.9. The fourth-order valence-corrected chi connectivity index (χ4v) is 6.04. The third-order valence-electron chi connectivity index (χ3n) is 7.09. The van der Waals surface area contributed by atoms with Gasteiger partial charge in [0.2, 0.25) is 15.9 Å². The lowest BCUT2D eigenvalue weighted by molar-refractivity contribution is -0.139. The Morgan fingerprint density at radius 3 is 2.61 bits per heavy atom. The van der Waals surface area contributed by atoms with Gasteiger partial charge < -0.3 is 15.3 Å². The molecule has 228 valence electrons. The number of hydrogen-bond acceptors (Lipinski definition) is 9. The molecule has 1 aromatic heterocycles. The molecule has 0 bridgehead atoms. The number of carbonyl (C=O) groups is 3. The van der Waals surface area contributed by atoms with Crippen LogP contribution >= 0.6 is 0 Å². The minimum Gasteiger partial charge on any atom is -0.480 e. The molecule has 15 heteroatoms. The summed E-state index contributed by atoms with van der Waals surface area (Å²) in [5, 5.41) is 21.2. The van der Waals surface area contributed by atoms with Crippen LogP contribution in [-0.2, 0) is 19.6 Å². The van der Waals surface area contributed by atoms with Crippen molar-refractivity contribution >= 4 is 39.5 Å². The molecule has 0 spiro atoms. The van der Waals surface area contributed by atoms with E-state index in [0.29, 0.717) is 51.3 Å². The number of pyridine rings is 1. The highest BCUT2D eigenvalue weighted by Crippen LogP contribution is 2.13. The first kappa shape index (κ1) is 32.2. The number of urea groups is 1. The van der Waals surface area contributed by atoms with Gasteiger partial charge in [0.25, 0.3) is 0 Å². The zero-order valence-corrected chi connectivity index (χ0v) is 24.8. The van der Waals surface area contributed by atoms with E-state index in [1.165, 1.54) is 5.01 Å². The van der Waals surface area contributed by atoms with Crippen LogP contribution in [0.4, 0.5) is 10.6 Å². The van der Waals surface area contributed by atoms with Crippen LogP contribution in [0.2, 0.25) is 0 Å². The number of aryl methyl sites for hydroxylation is 1. The fraction of sp³-hybridized carbons (Fsp3) is 0.654. The maximum absolute atomic E-state index is 12.9. The predicted octanol–water partition coefficient (Wildman–Crippen LogP) is 0.669. The largest absolute Gasteiger partial charge is 0.480 e. The van der Waals surface area contributed by atoms with Crippen LogP contribution in [0.3, 0.4) is 0 Å². The summed E-state index contributed by atoms with van der Waals surface area (Å²) in [6, 6.07) is 2.09. The summed E-state index contributed by atoms with van der Waals surface area (Å²) >= 11 is 0. The summed E-state index contributed by atoms with van der Waals surface area (Å²) in [4.78, 5) is 44.7. The van der Waals surface area contributed by atoms with E-state index in [-0.39, 0.29) is 36.8 Å². The number of piperidine rings is 1. The van der Waals surface area contributed by atoms with Gasteiger partial charge in [-0.2, -0.15) is 9.82 Å². The third kappa shape index (κ3) is 10.6. The number of sulfonamides is 1. The molecule has 0 aliphatic carbocycles. The second-order valence-electron chi connectivity index (χ2n) is 10.6. The van der Waals surface area contributed by atoms with Gasteiger partial charge in [-0.3, -0.25) is 24.8 Å². The molecule has 2 aliphatic heterocycles. The zero-order chi connectivity index (χ0) is 30.0. The number of likely N-dealkylation sites (tertiary alicyclic amines) is 1. The highest BCUT2D eigenvalue weighted by molar-refractivity contribution is 7.89. The van der Waals surface area contributed by atoms with Gasteiger partial charge in [-0.1, -0.05) is 19.4 Å². The Hall–Kier alpha value is -3.30. The van der Waals surface area contributed by atoms with Gasteiger partial charge in [0.05, 0.1) is 31.1 Å². The summed E-state index contributed by atoms with van der Waals surface area (Å²) < 4.78 is 26.6. The first-order valence-corrected chi connectivity index (χ1v) is 15.6. The standard InChI is InChI=1S/C26H42N8O6S/c1-4-5-15-41(39,40)31-22(25(36)37)17-34-14-10-21(30-34)16-32(3)23(35)18-33-12-8-20(9-13-33)28-26(38)29-24-19(2)7-6-11-27-24/h6-7,11,20,22,31H,4-5,8-10,12-18H2,1-3H3,(H,36,37)(H2,27,28,29,38). The van der Waals surface area contributed by atoms with Crippen LogP contribution in [0.15, 0.2) is 23.4 Å². The van der Waals surface area contributed by atoms with E-state index < -0.39 is 22.0 Å². The SMILES string of the molecule is CCCCS(=O)(=O)NC(CN1CCC(CN(C)C(=O)CN2CCC(NC(=O)Nc3ncccc3C)CC2)=N1)C(=O)O. The van der Waals surface area contributed by atoms with E-state index in [0.717, 1.165) is 24.1 Å². The summed E-state index contributed by atoms with van der Waals surface area (Å²) in [6.45, 7) is 6.00. The predicted molar refractivity (Wildman–Crippen MR) is 155 cm³/mol. The molecule has 2 aliphatic rings. The molecule has 41 heavy (non-hydrogen) atoms. The molecule has 0 aromatic carbocycles. The smallest absolute Gasteiger partial charge is 0.323 e. The summed E-state index contributed by atoms with van der Waals surface area (Å²) in [6.07, 6.45) is 4.77. The van der Waals surface area contributed by atoms with Gasteiger partial charge in [-0.25, -0.2) is 18.2 Å². The van der Waals surface area contributed by atoms with Crippen LogP contribution in [0.5, 0.6) is 0 Å². The third-order valence-corrected chi connectivity index (χ3v) is 8.56. The number of amides is 3. The lowest BCUT2D eigenvalue weighted by Crippen LogP contribution is -2.48. The quantitative estimate of drug-likeness (QED) is 0.241. The molecule has 1 fully saturated rings. The van der Waals surface area contributed by atoms with Gasteiger partial charge in [-0.05, 0) is 37.8 Å². The second-order valence-corrected chi connectivity index (χ2v) is 12.5. The van der Waals surface area contributed by atoms with E-state index in [4.69, 9.17) is 0 Å². The van der Waals surface area contributed by atoms with Gasteiger partial charge in [0.1, 0.15) is 11.9 Å². The molecule has 3 heterocycles. The molecule has 1 unspecified atom stereocenters. The molecule has 0 saturated carbocycles. The Bertz CT molecular complexity index is 1200. The number of anilines is 1. The second kappa shape index (κ2) is 15.1. The van der Waals surface area contributed by atoms with Crippen molar-refractivity contribution in [1.29, 1.82) is 0 Å². The summed E-state index contributed by atoms with van der Waals surface area (Å²) in [5.41, 5.74) is 1.61. The minimum absolute atomic E-state index is 0.00711. The molecule has 1 atom stereocenters. The van der Waals surface area contributed by atoms with E-state index >= 15 is 0 Å². The average molecular weight is 595 g/mol. The molecule has 14 nitrogen and oxygen atoms in total. The number of aromatic nitrogens is 1. The van der Waals surface area contributed by atoms with E-state index in [9.17, 15) is 27.9 Å².